The van der Waals surface area contributed by atoms with Crippen molar-refractivity contribution in [2.24, 2.45) is 0 Å². The first-order valence-corrected chi connectivity index (χ1v) is 7.71. The Hall–Kier alpha value is -0.573. The first-order valence-electron chi connectivity index (χ1n) is 4.26. The molecule has 0 fully saturated rings. The molecule has 0 aliphatic rings. The third-order valence-electron chi connectivity index (χ3n) is 1.65. The second-order valence-corrected chi connectivity index (χ2v) is 9.00. The van der Waals surface area contributed by atoms with E-state index in [2.05, 4.69) is 26.2 Å². The first kappa shape index (κ1) is 11.4. The number of hydrogen-bond acceptors (Lipinski definition) is 1. The smallest absolute Gasteiger partial charge is 0.238 e. The number of amides is 1. The second-order valence-electron chi connectivity index (χ2n) is 4.18. The summed E-state index contributed by atoms with van der Waals surface area (Å²) in [5.74, 6) is 0.0594. The van der Waals surface area contributed by atoms with Crippen molar-refractivity contribution in [1.29, 1.82) is 0 Å². The maximum absolute atomic E-state index is 11.4. The SMILES string of the molecule is C=CC(=O)N(C(C)C)[Si](C)(C)C. The molecule has 0 aliphatic carbocycles. The number of nitrogens with zero attached hydrogens (tertiary/aromatic N) is 1. The average Bonchev–Trinajstić information content (AvgIpc) is 1.83. The van der Waals surface area contributed by atoms with Gasteiger partial charge < -0.3 is 4.57 Å². The molecule has 0 radical (unpaired) electrons. The van der Waals surface area contributed by atoms with Crippen LogP contribution in [-0.4, -0.2) is 24.7 Å². The molecule has 0 aromatic heterocycles. The molecule has 0 atom stereocenters. The maximum atomic E-state index is 11.4. The maximum Gasteiger partial charge on any atom is 0.238 e. The van der Waals surface area contributed by atoms with Crippen LogP contribution < -0.4 is 0 Å². The molecule has 0 aromatic carbocycles. The van der Waals surface area contributed by atoms with Gasteiger partial charge in [-0.25, -0.2) is 0 Å². The minimum Gasteiger partial charge on any atom is -0.364 e. The van der Waals surface area contributed by atoms with Crippen molar-refractivity contribution in [3.8, 4) is 0 Å². The van der Waals surface area contributed by atoms with E-state index in [-0.39, 0.29) is 11.9 Å². The van der Waals surface area contributed by atoms with Gasteiger partial charge in [0.2, 0.25) is 5.91 Å². The van der Waals surface area contributed by atoms with Crippen molar-refractivity contribution in [2.45, 2.75) is 39.5 Å². The van der Waals surface area contributed by atoms with E-state index in [0.29, 0.717) is 0 Å². The van der Waals surface area contributed by atoms with Gasteiger partial charge in [-0.2, -0.15) is 0 Å². The van der Waals surface area contributed by atoms with Gasteiger partial charge in [-0.05, 0) is 19.9 Å². The Balaban J connectivity index is 4.67. The Labute approximate surface area is 76.4 Å². The predicted octanol–water partition coefficient (Wildman–Crippen LogP) is 2.24. The summed E-state index contributed by atoms with van der Waals surface area (Å²) in [6.07, 6.45) is 1.40. The minimum absolute atomic E-state index is 0.0594. The quantitative estimate of drug-likeness (QED) is 0.488. The summed E-state index contributed by atoms with van der Waals surface area (Å²) in [6, 6.07) is 0.280. The van der Waals surface area contributed by atoms with Gasteiger partial charge in [0.25, 0.3) is 0 Å². The number of rotatable bonds is 3. The summed E-state index contributed by atoms with van der Waals surface area (Å²) >= 11 is 0. The van der Waals surface area contributed by atoms with E-state index in [1.165, 1.54) is 6.08 Å². The van der Waals surface area contributed by atoms with Crippen LogP contribution in [0.15, 0.2) is 12.7 Å². The van der Waals surface area contributed by atoms with E-state index in [0.717, 1.165) is 0 Å². The van der Waals surface area contributed by atoms with Gasteiger partial charge >= 0.3 is 0 Å². The first-order chi connectivity index (χ1) is 5.30. The summed E-state index contributed by atoms with van der Waals surface area (Å²) < 4.78 is 1.96. The Kier molecular flexibility index (Phi) is 3.71. The highest BCUT2D eigenvalue weighted by molar-refractivity contribution is 6.75. The van der Waals surface area contributed by atoms with E-state index in [4.69, 9.17) is 0 Å². The summed E-state index contributed by atoms with van der Waals surface area (Å²) in [7, 11) is -1.52. The van der Waals surface area contributed by atoms with Crippen LogP contribution in [0, 0.1) is 0 Å². The lowest BCUT2D eigenvalue weighted by Crippen LogP contribution is -2.52. The average molecular weight is 185 g/mol. The molecule has 70 valence electrons. The van der Waals surface area contributed by atoms with Crippen LogP contribution in [0.2, 0.25) is 19.6 Å². The van der Waals surface area contributed by atoms with Crippen LogP contribution in [0.3, 0.4) is 0 Å². The number of hydrogen-bond donors (Lipinski definition) is 0. The molecule has 12 heavy (non-hydrogen) atoms. The standard InChI is InChI=1S/C9H19NOSi/c1-7-9(11)10(8(2)3)12(4,5)6/h7-8H,1H2,2-6H3. The van der Waals surface area contributed by atoms with Crippen molar-refractivity contribution in [1.82, 2.24) is 4.57 Å². The van der Waals surface area contributed by atoms with Crippen LogP contribution in [0.5, 0.6) is 0 Å². The molecule has 0 unspecified atom stereocenters. The van der Waals surface area contributed by atoms with Gasteiger partial charge in [0.05, 0.1) is 0 Å². The molecular weight excluding hydrogens is 166 g/mol. The van der Waals surface area contributed by atoms with Crippen molar-refractivity contribution < 1.29 is 4.79 Å². The monoisotopic (exact) mass is 185 g/mol. The molecule has 0 aromatic rings. The lowest BCUT2D eigenvalue weighted by Gasteiger charge is -2.36. The second kappa shape index (κ2) is 3.89. The Morgan fingerprint density at radius 2 is 1.83 bits per heavy atom. The molecule has 0 N–H and O–H groups in total. The van der Waals surface area contributed by atoms with Crippen LogP contribution in [0.4, 0.5) is 0 Å². The van der Waals surface area contributed by atoms with Crippen molar-refractivity contribution in [3.63, 3.8) is 0 Å². The van der Waals surface area contributed by atoms with E-state index in [1.807, 2.05) is 18.4 Å². The van der Waals surface area contributed by atoms with Crippen LogP contribution in [0.25, 0.3) is 0 Å². The predicted molar refractivity (Wildman–Crippen MR) is 55.5 cm³/mol. The molecule has 0 aliphatic heterocycles. The minimum atomic E-state index is -1.52. The van der Waals surface area contributed by atoms with Crippen molar-refractivity contribution in [3.05, 3.63) is 12.7 Å². The molecule has 0 saturated heterocycles. The molecule has 1 amide bonds. The number of carbonyl (C=O) groups excluding carboxylic acids is 1. The fourth-order valence-electron chi connectivity index (χ4n) is 1.46. The van der Waals surface area contributed by atoms with Gasteiger partial charge in [0.1, 0.15) is 0 Å². The Morgan fingerprint density at radius 1 is 1.42 bits per heavy atom. The molecule has 0 spiro atoms. The zero-order chi connectivity index (χ0) is 9.94. The highest BCUT2D eigenvalue weighted by Gasteiger charge is 2.28. The zero-order valence-corrected chi connectivity index (χ0v) is 9.72. The van der Waals surface area contributed by atoms with E-state index >= 15 is 0 Å². The third kappa shape index (κ3) is 2.81. The molecule has 0 bridgehead atoms. The van der Waals surface area contributed by atoms with Gasteiger partial charge in [-0.15, -0.1) is 0 Å². The lowest BCUT2D eigenvalue weighted by molar-refractivity contribution is -0.123. The van der Waals surface area contributed by atoms with Crippen molar-refractivity contribution in [2.75, 3.05) is 0 Å². The van der Waals surface area contributed by atoms with E-state index < -0.39 is 8.24 Å². The molecule has 2 nitrogen and oxygen atoms in total. The van der Waals surface area contributed by atoms with Gasteiger partial charge in [0, 0.05) is 6.04 Å². The summed E-state index contributed by atoms with van der Waals surface area (Å²) in [5.41, 5.74) is 0. The fourth-order valence-corrected chi connectivity index (χ4v) is 3.76. The molecular formula is C9H19NOSi. The highest BCUT2D eigenvalue weighted by atomic mass is 28.3. The summed E-state index contributed by atoms with van der Waals surface area (Å²) in [6.45, 7) is 14.1. The van der Waals surface area contributed by atoms with E-state index in [1.54, 1.807) is 0 Å². The van der Waals surface area contributed by atoms with Crippen LogP contribution in [0.1, 0.15) is 13.8 Å². The normalized spacial score (nSPS) is 11.5. The summed E-state index contributed by atoms with van der Waals surface area (Å²) in [4.78, 5) is 11.4. The number of carbonyl (C=O) groups is 1. The fraction of sp³-hybridized carbons (Fsp3) is 0.667. The topological polar surface area (TPSA) is 20.3 Å². The summed E-state index contributed by atoms with van der Waals surface area (Å²) in [5, 5.41) is 0. The highest BCUT2D eigenvalue weighted by Crippen LogP contribution is 2.13. The molecule has 0 rings (SSSR count). The third-order valence-corrected chi connectivity index (χ3v) is 3.83. The van der Waals surface area contributed by atoms with Crippen LogP contribution >= 0.6 is 0 Å². The van der Waals surface area contributed by atoms with Crippen molar-refractivity contribution >= 4 is 14.1 Å². The lowest BCUT2D eigenvalue weighted by atomic mass is 10.4. The van der Waals surface area contributed by atoms with Gasteiger partial charge in [-0.3, -0.25) is 4.79 Å². The van der Waals surface area contributed by atoms with Gasteiger partial charge in [-0.1, -0.05) is 26.2 Å². The van der Waals surface area contributed by atoms with Crippen LogP contribution in [-0.2, 0) is 4.79 Å². The Morgan fingerprint density at radius 3 is 1.92 bits per heavy atom. The largest absolute Gasteiger partial charge is 0.364 e. The molecule has 3 heteroatoms. The molecule has 0 heterocycles. The molecule has 0 saturated carbocycles. The van der Waals surface area contributed by atoms with Gasteiger partial charge in [0.15, 0.2) is 8.24 Å². The van der Waals surface area contributed by atoms with E-state index in [9.17, 15) is 4.79 Å². The zero-order valence-electron chi connectivity index (χ0n) is 8.72. The Bertz CT molecular complexity index is 181.